The number of carbonyl (C=O) groups is 1. The number of hydrogen-bond acceptors (Lipinski definition) is 3. The first kappa shape index (κ1) is 16.4. The second kappa shape index (κ2) is 6.32. The van der Waals surface area contributed by atoms with E-state index in [4.69, 9.17) is 23.2 Å². The van der Waals surface area contributed by atoms with Gasteiger partial charge in [0.25, 0.3) is 5.91 Å². The summed E-state index contributed by atoms with van der Waals surface area (Å²) in [6.07, 6.45) is 3.45. The van der Waals surface area contributed by atoms with Crippen LogP contribution in [-0.2, 0) is 0 Å². The van der Waals surface area contributed by atoms with Crippen LogP contribution in [0, 0.1) is 6.92 Å². The number of nitrogens with one attached hydrogen (secondary N) is 1. The Morgan fingerprint density at radius 1 is 1.28 bits per heavy atom. The Bertz CT molecular complexity index is 969. The summed E-state index contributed by atoms with van der Waals surface area (Å²) >= 11 is 12.2. The van der Waals surface area contributed by atoms with Crippen LogP contribution in [0.15, 0.2) is 30.5 Å². The molecule has 3 heterocycles. The SMILES string of the molecule is Cc1[nH]nc2ncc(C(=O)N3CCCC3c3ccc(Cl)c(Cl)c3)cc12. The monoisotopic (exact) mass is 374 g/mol. The maximum Gasteiger partial charge on any atom is 0.255 e. The van der Waals surface area contributed by atoms with Crippen molar-refractivity contribution in [3.05, 3.63) is 57.3 Å². The molecule has 0 bridgehead atoms. The Balaban J connectivity index is 1.67. The molecule has 1 aliphatic rings. The topological polar surface area (TPSA) is 61.9 Å². The van der Waals surface area contributed by atoms with Crippen LogP contribution in [0.5, 0.6) is 0 Å². The molecule has 2 aromatic heterocycles. The molecule has 7 heteroatoms. The van der Waals surface area contributed by atoms with Crippen molar-refractivity contribution in [2.45, 2.75) is 25.8 Å². The van der Waals surface area contributed by atoms with Crippen molar-refractivity contribution in [1.82, 2.24) is 20.1 Å². The Morgan fingerprint density at radius 3 is 2.92 bits per heavy atom. The second-order valence-electron chi connectivity index (χ2n) is 6.27. The number of pyridine rings is 1. The third kappa shape index (κ3) is 2.87. The molecule has 128 valence electrons. The Morgan fingerprint density at radius 2 is 2.12 bits per heavy atom. The average Bonchev–Trinajstić information content (AvgIpc) is 3.24. The van der Waals surface area contributed by atoms with Gasteiger partial charge in [0.05, 0.1) is 21.7 Å². The van der Waals surface area contributed by atoms with Gasteiger partial charge in [-0.3, -0.25) is 9.89 Å². The highest BCUT2D eigenvalue weighted by Crippen LogP contribution is 2.36. The zero-order chi connectivity index (χ0) is 17.6. The normalized spacial score (nSPS) is 17.4. The van der Waals surface area contributed by atoms with Crippen LogP contribution in [0.25, 0.3) is 11.0 Å². The zero-order valence-electron chi connectivity index (χ0n) is 13.6. The summed E-state index contributed by atoms with van der Waals surface area (Å²) in [5.74, 6) is -0.0245. The van der Waals surface area contributed by atoms with Crippen molar-refractivity contribution in [2.75, 3.05) is 6.54 Å². The predicted octanol–water partition coefficient (Wildman–Crippen LogP) is 4.55. The van der Waals surface area contributed by atoms with Gasteiger partial charge in [-0.15, -0.1) is 0 Å². The number of aryl methyl sites for hydroxylation is 1. The highest BCUT2D eigenvalue weighted by atomic mass is 35.5. The number of carbonyl (C=O) groups excluding carboxylic acids is 1. The molecule has 1 aromatic carbocycles. The maximum atomic E-state index is 13.1. The maximum absolute atomic E-state index is 13.1. The smallest absolute Gasteiger partial charge is 0.255 e. The van der Waals surface area contributed by atoms with Crippen molar-refractivity contribution in [3.8, 4) is 0 Å². The number of H-pyrrole nitrogens is 1. The standard InChI is InChI=1S/C18H16Cl2N4O/c1-10-13-7-12(9-21-17(13)23-22-10)18(25)24-6-2-3-16(24)11-4-5-14(19)15(20)8-11/h4-5,7-9,16H,2-3,6H2,1H3,(H,21,22,23). The largest absolute Gasteiger partial charge is 0.332 e. The average molecular weight is 375 g/mol. The number of likely N-dealkylation sites (tertiary alicyclic amines) is 1. The summed E-state index contributed by atoms with van der Waals surface area (Å²) in [4.78, 5) is 19.2. The quantitative estimate of drug-likeness (QED) is 0.715. The summed E-state index contributed by atoms with van der Waals surface area (Å²) in [5.41, 5.74) is 3.11. The fourth-order valence-corrected chi connectivity index (χ4v) is 3.68. The highest BCUT2D eigenvalue weighted by Gasteiger charge is 2.31. The highest BCUT2D eigenvalue weighted by molar-refractivity contribution is 6.42. The lowest BCUT2D eigenvalue weighted by molar-refractivity contribution is 0.0735. The molecular formula is C18H16Cl2N4O. The molecule has 1 fully saturated rings. The van der Waals surface area contributed by atoms with Crippen LogP contribution in [0.2, 0.25) is 10.0 Å². The molecule has 5 nitrogen and oxygen atoms in total. The molecule has 1 amide bonds. The van der Waals surface area contributed by atoms with Gasteiger partial charge in [0.1, 0.15) is 0 Å². The van der Waals surface area contributed by atoms with Crippen molar-refractivity contribution in [1.29, 1.82) is 0 Å². The minimum Gasteiger partial charge on any atom is -0.332 e. The number of nitrogens with zero attached hydrogens (tertiary/aromatic N) is 3. The van der Waals surface area contributed by atoms with Crippen LogP contribution in [0.1, 0.15) is 40.5 Å². The fraction of sp³-hybridized carbons (Fsp3) is 0.278. The first-order valence-corrected chi connectivity index (χ1v) is 8.87. The molecule has 1 saturated heterocycles. The van der Waals surface area contributed by atoms with E-state index in [1.54, 1.807) is 12.3 Å². The van der Waals surface area contributed by atoms with E-state index in [0.717, 1.165) is 29.5 Å². The van der Waals surface area contributed by atoms with Gasteiger partial charge in [0, 0.05) is 23.8 Å². The fourth-order valence-electron chi connectivity index (χ4n) is 3.38. The lowest BCUT2D eigenvalue weighted by atomic mass is 10.0. The van der Waals surface area contributed by atoms with E-state index in [0.29, 0.717) is 27.8 Å². The number of fused-ring (bicyclic) bond motifs is 1. The van der Waals surface area contributed by atoms with E-state index in [-0.39, 0.29) is 11.9 Å². The van der Waals surface area contributed by atoms with Crippen molar-refractivity contribution >= 4 is 40.1 Å². The summed E-state index contributed by atoms with van der Waals surface area (Å²) in [7, 11) is 0. The molecule has 1 atom stereocenters. The molecule has 0 radical (unpaired) electrons. The molecule has 0 spiro atoms. The summed E-state index contributed by atoms with van der Waals surface area (Å²) < 4.78 is 0. The van der Waals surface area contributed by atoms with Crippen molar-refractivity contribution in [3.63, 3.8) is 0 Å². The van der Waals surface area contributed by atoms with Gasteiger partial charge in [-0.05, 0) is 43.5 Å². The summed E-state index contributed by atoms with van der Waals surface area (Å²) in [5, 5.41) is 8.90. The first-order chi connectivity index (χ1) is 12.0. The van der Waals surface area contributed by atoms with Gasteiger partial charge < -0.3 is 4.90 Å². The Hall–Kier alpha value is -2.11. The number of amides is 1. The third-order valence-corrected chi connectivity index (χ3v) is 5.43. The number of rotatable bonds is 2. The lowest BCUT2D eigenvalue weighted by Crippen LogP contribution is -2.30. The van der Waals surface area contributed by atoms with E-state index < -0.39 is 0 Å². The molecule has 4 rings (SSSR count). The molecular weight excluding hydrogens is 359 g/mol. The molecule has 0 aliphatic carbocycles. The van der Waals surface area contributed by atoms with E-state index in [2.05, 4.69) is 15.2 Å². The number of aromatic amines is 1. The molecule has 1 N–H and O–H groups in total. The van der Waals surface area contributed by atoms with Crippen LogP contribution in [0.4, 0.5) is 0 Å². The van der Waals surface area contributed by atoms with Crippen LogP contribution in [0.3, 0.4) is 0 Å². The minimum absolute atomic E-state index is 0.00316. The van der Waals surface area contributed by atoms with Gasteiger partial charge >= 0.3 is 0 Å². The van der Waals surface area contributed by atoms with Gasteiger partial charge in [-0.2, -0.15) is 5.10 Å². The zero-order valence-corrected chi connectivity index (χ0v) is 15.1. The predicted molar refractivity (Wildman–Crippen MR) is 98.1 cm³/mol. The van der Waals surface area contributed by atoms with Gasteiger partial charge in [-0.1, -0.05) is 29.3 Å². The van der Waals surface area contributed by atoms with E-state index in [9.17, 15) is 4.79 Å². The Kier molecular flexibility index (Phi) is 4.13. The summed E-state index contributed by atoms with van der Waals surface area (Å²) in [6.45, 7) is 2.63. The summed E-state index contributed by atoms with van der Waals surface area (Å²) in [6, 6.07) is 7.42. The van der Waals surface area contributed by atoms with Crippen LogP contribution >= 0.6 is 23.2 Å². The number of aromatic nitrogens is 3. The molecule has 3 aromatic rings. The van der Waals surface area contributed by atoms with Crippen molar-refractivity contribution in [2.24, 2.45) is 0 Å². The van der Waals surface area contributed by atoms with Gasteiger partial charge in [-0.25, -0.2) is 4.98 Å². The number of halogens is 2. The van der Waals surface area contributed by atoms with Crippen molar-refractivity contribution < 1.29 is 4.79 Å². The molecule has 1 unspecified atom stereocenters. The van der Waals surface area contributed by atoms with E-state index in [1.165, 1.54) is 0 Å². The molecule has 0 saturated carbocycles. The minimum atomic E-state index is -0.0245. The Labute approximate surface area is 154 Å². The number of benzene rings is 1. The van der Waals surface area contributed by atoms with Gasteiger partial charge in [0.15, 0.2) is 5.65 Å². The third-order valence-electron chi connectivity index (χ3n) is 4.69. The lowest BCUT2D eigenvalue weighted by Gasteiger charge is -2.25. The number of hydrogen-bond donors (Lipinski definition) is 1. The van der Waals surface area contributed by atoms with Gasteiger partial charge in [0.2, 0.25) is 0 Å². The first-order valence-electron chi connectivity index (χ1n) is 8.11. The molecule has 25 heavy (non-hydrogen) atoms. The molecule has 1 aliphatic heterocycles. The van der Waals surface area contributed by atoms with E-state index >= 15 is 0 Å². The second-order valence-corrected chi connectivity index (χ2v) is 7.09. The van der Waals surface area contributed by atoms with E-state index in [1.807, 2.05) is 30.0 Å². The van der Waals surface area contributed by atoms with Crippen LogP contribution in [-0.4, -0.2) is 32.5 Å². The van der Waals surface area contributed by atoms with Crippen LogP contribution < -0.4 is 0 Å².